The van der Waals surface area contributed by atoms with Crippen molar-refractivity contribution < 1.29 is 14.6 Å². The summed E-state index contributed by atoms with van der Waals surface area (Å²) < 4.78 is 11.1. The summed E-state index contributed by atoms with van der Waals surface area (Å²) in [7, 11) is 0. The maximum Gasteiger partial charge on any atom is 0.161 e. The van der Waals surface area contributed by atoms with Crippen LogP contribution in [-0.4, -0.2) is 24.4 Å². The third-order valence-corrected chi connectivity index (χ3v) is 3.13. The summed E-state index contributed by atoms with van der Waals surface area (Å²) in [6.07, 6.45) is 0.422. The van der Waals surface area contributed by atoms with E-state index in [1.165, 1.54) is 5.56 Å². The van der Waals surface area contributed by atoms with E-state index in [1.54, 1.807) is 0 Å². The van der Waals surface area contributed by atoms with Crippen molar-refractivity contribution in [1.29, 1.82) is 0 Å². The Bertz CT molecular complexity index is 396. The summed E-state index contributed by atoms with van der Waals surface area (Å²) in [5.41, 5.74) is 1.10. The highest BCUT2D eigenvalue weighted by Gasteiger charge is 2.24. The minimum atomic E-state index is -0.307. The van der Waals surface area contributed by atoms with Crippen molar-refractivity contribution in [2.24, 2.45) is 0 Å². The van der Waals surface area contributed by atoms with Crippen LogP contribution >= 0.6 is 0 Å². The summed E-state index contributed by atoms with van der Waals surface area (Å²) in [4.78, 5) is 0. The fourth-order valence-corrected chi connectivity index (χ4v) is 2.32. The Morgan fingerprint density at radius 3 is 2.53 bits per heavy atom. The standard InChI is InChI=1S/C14H20O3/c1-10(15)9-14(2,3)11-4-5-12-13(8-11)17-7-6-16-12/h4-5,8,10,15H,6-7,9H2,1-3H3. The second-order valence-electron chi connectivity index (χ2n) is 5.30. The molecular weight excluding hydrogens is 216 g/mol. The predicted molar refractivity (Wildman–Crippen MR) is 66.8 cm³/mol. The highest BCUT2D eigenvalue weighted by molar-refractivity contribution is 5.45. The van der Waals surface area contributed by atoms with Crippen LogP contribution in [0.1, 0.15) is 32.8 Å². The molecular formula is C14H20O3. The summed E-state index contributed by atoms with van der Waals surface area (Å²) >= 11 is 0. The molecule has 0 aromatic heterocycles. The first-order valence-electron chi connectivity index (χ1n) is 6.07. The molecule has 1 heterocycles. The Labute approximate surface area is 102 Å². The van der Waals surface area contributed by atoms with Crippen molar-refractivity contribution in [1.82, 2.24) is 0 Å². The van der Waals surface area contributed by atoms with E-state index in [0.29, 0.717) is 13.2 Å². The largest absolute Gasteiger partial charge is 0.486 e. The van der Waals surface area contributed by atoms with E-state index >= 15 is 0 Å². The van der Waals surface area contributed by atoms with Gasteiger partial charge in [-0.15, -0.1) is 0 Å². The molecule has 1 unspecified atom stereocenters. The minimum Gasteiger partial charge on any atom is -0.486 e. The Balaban J connectivity index is 2.27. The minimum absolute atomic E-state index is 0.0655. The quantitative estimate of drug-likeness (QED) is 0.876. The molecule has 1 aliphatic heterocycles. The lowest BCUT2D eigenvalue weighted by molar-refractivity contribution is 0.155. The van der Waals surface area contributed by atoms with Crippen molar-refractivity contribution in [3.63, 3.8) is 0 Å². The van der Waals surface area contributed by atoms with Crippen molar-refractivity contribution >= 4 is 0 Å². The third kappa shape index (κ3) is 2.72. The lowest BCUT2D eigenvalue weighted by atomic mass is 9.80. The van der Waals surface area contributed by atoms with Gasteiger partial charge in [0.25, 0.3) is 0 Å². The maximum atomic E-state index is 9.53. The molecule has 0 saturated heterocycles. The zero-order valence-electron chi connectivity index (χ0n) is 10.7. The van der Waals surface area contributed by atoms with Gasteiger partial charge in [-0.2, -0.15) is 0 Å². The first kappa shape index (κ1) is 12.2. The molecule has 0 spiro atoms. The number of hydrogen-bond acceptors (Lipinski definition) is 3. The van der Waals surface area contributed by atoms with Crippen LogP contribution in [-0.2, 0) is 5.41 Å². The topological polar surface area (TPSA) is 38.7 Å². The second-order valence-corrected chi connectivity index (χ2v) is 5.30. The van der Waals surface area contributed by atoms with Crippen molar-refractivity contribution in [2.75, 3.05) is 13.2 Å². The van der Waals surface area contributed by atoms with Gasteiger partial charge in [-0.1, -0.05) is 19.9 Å². The predicted octanol–water partition coefficient (Wildman–Crippen LogP) is 2.51. The highest BCUT2D eigenvalue weighted by atomic mass is 16.6. The Morgan fingerprint density at radius 1 is 1.24 bits per heavy atom. The summed E-state index contributed by atoms with van der Waals surface area (Å²) in [6.45, 7) is 7.30. The van der Waals surface area contributed by atoms with E-state index in [9.17, 15) is 5.11 Å². The summed E-state index contributed by atoms with van der Waals surface area (Å²) in [5, 5.41) is 9.53. The van der Waals surface area contributed by atoms with Crippen LogP contribution in [0.4, 0.5) is 0 Å². The molecule has 17 heavy (non-hydrogen) atoms. The normalized spacial score (nSPS) is 16.7. The Kier molecular flexibility index (Phi) is 3.29. The number of hydrogen-bond donors (Lipinski definition) is 1. The van der Waals surface area contributed by atoms with Crippen LogP contribution in [0, 0.1) is 0 Å². The summed E-state index contributed by atoms with van der Waals surface area (Å²) in [5.74, 6) is 1.63. The number of aliphatic hydroxyl groups excluding tert-OH is 1. The zero-order chi connectivity index (χ0) is 12.5. The molecule has 1 aromatic rings. The van der Waals surface area contributed by atoms with Gasteiger partial charge in [-0.05, 0) is 36.5 Å². The monoisotopic (exact) mass is 236 g/mol. The van der Waals surface area contributed by atoms with E-state index < -0.39 is 0 Å². The molecule has 0 saturated carbocycles. The lowest BCUT2D eigenvalue weighted by Gasteiger charge is -2.28. The van der Waals surface area contributed by atoms with Crippen LogP contribution in [0.2, 0.25) is 0 Å². The first-order chi connectivity index (χ1) is 7.99. The lowest BCUT2D eigenvalue weighted by Crippen LogP contribution is -2.23. The van der Waals surface area contributed by atoms with Crippen molar-refractivity contribution in [2.45, 2.75) is 38.7 Å². The number of ether oxygens (including phenoxy) is 2. The fourth-order valence-electron chi connectivity index (χ4n) is 2.32. The molecule has 0 radical (unpaired) electrons. The van der Waals surface area contributed by atoms with E-state index in [0.717, 1.165) is 17.9 Å². The average molecular weight is 236 g/mol. The van der Waals surface area contributed by atoms with Crippen molar-refractivity contribution in [3.05, 3.63) is 23.8 Å². The molecule has 0 bridgehead atoms. The molecule has 0 aliphatic carbocycles. The molecule has 2 rings (SSSR count). The van der Waals surface area contributed by atoms with Gasteiger partial charge < -0.3 is 14.6 Å². The van der Waals surface area contributed by atoms with Crippen LogP contribution in [0.5, 0.6) is 11.5 Å². The molecule has 0 fully saturated rings. The smallest absolute Gasteiger partial charge is 0.161 e. The molecule has 0 amide bonds. The van der Waals surface area contributed by atoms with Crippen LogP contribution in [0.25, 0.3) is 0 Å². The molecule has 3 nitrogen and oxygen atoms in total. The van der Waals surface area contributed by atoms with Gasteiger partial charge in [0.15, 0.2) is 11.5 Å². The second kappa shape index (κ2) is 4.57. The Morgan fingerprint density at radius 2 is 1.88 bits per heavy atom. The summed E-state index contributed by atoms with van der Waals surface area (Å²) in [6, 6.07) is 6.03. The van der Waals surface area contributed by atoms with E-state index in [1.807, 2.05) is 19.1 Å². The number of fused-ring (bicyclic) bond motifs is 1. The molecule has 1 atom stereocenters. The van der Waals surface area contributed by atoms with Gasteiger partial charge in [0.1, 0.15) is 13.2 Å². The number of rotatable bonds is 3. The first-order valence-corrected chi connectivity index (χ1v) is 6.07. The van der Waals surface area contributed by atoms with Crippen LogP contribution in [0.15, 0.2) is 18.2 Å². The van der Waals surface area contributed by atoms with Gasteiger partial charge in [0.2, 0.25) is 0 Å². The molecule has 1 aliphatic rings. The maximum absolute atomic E-state index is 9.53. The van der Waals surface area contributed by atoms with Gasteiger partial charge >= 0.3 is 0 Å². The molecule has 1 N–H and O–H groups in total. The SMILES string of the molecule is CC(O)CC(C)(C)c1ccc2c(c1)OCCO2. The Hall–Kier alpha value is -1.22. The number of benzene rings is 1. The van der Waals surface area contributed by atoms with Crippen LogP contribution < -0.4 is 9.47 Å². The van der Waals surface area contributed by atoms with Crippen LogP contribution in [0.3, 0.4) is 0 Å². The highest BCUT2D eigenvalue weighted by Crippen LogP contribution is 2.36. The van der Waals surface area contributed by atoms with Gasteiger partial charge in [-0.25, -0.2) is 0 Å². The van der Waals surface area contributed by atoms with Gasteiger partial charge in [-0.3, -0.25) is 0 Å². The number of aliphatic hydroxyl groups is 1. The molecule has 94 valence electrons. The molecule has 1 aromatic carbocycles. The zero-order valence-corrected chi connectivity index (χ0v) is 10.7. The van der Waals surface area contributed by atoms with E-state index in [2.05, 4.69) is 19.9 Å². The van der Waals surface area contributed by atoms with Crippen molar-refractivity contribution in [3.8, 4) is 11.5 Å². The third-order valence-electron chi connectivity index (χ3n) is 3.13. The van der Waals surface area contributed by atoms with E-state index in [4.69, 9.17) is 9.47 Å². The average Bonchev–Trinajstić information content (AvgIpc) is 2.26. The molecule has 3 heteroatoms. The van der Waals surface area contributed by atoms with E-state index in [-0.39, 0.29) is 11.5 Å². The van der Waals surface area contributed by atoms with Gasteiger partial charge in [0, 0.05) is 0 Å². The van der Waals surface area contributed by atoms with Gasteiger partial charge in [0.05, 0.1) is 6.10 Å². The fraction of sp³-hybridized carbons (Fsp3) is 0.571.